The molecule has 2 aliphatic heterocycles. The molecule has 3 unspecified atom stereocenters. The van der Waals surface area contributed by atoms with E-state index in [9.17, 15) is 9.59 Å². The fourth-order valence-electron chi connectivity index (χ4n) is 2.70. The Hall–Kier alpha value is -1.30. The minimum Gasteiger partial charge on any atom is -0.465 e. The van der Waals surface area contributed by atoms with E-state index in [2.05, 4.69) is 5.32 Å². The molecule has 0 aromatic heterocycles. The van der Waals surface area contributed by atoms with Crippen molar-refractivity contribution in [1.29, 1.82) is 0 Å². The monoisotopic (exact) mass is 256 g/mol. The minimum absolute atomic E-state index is 0.184. The minimum atomic E-state index is -0.263. The van der Waals surface area contributed by atoms with Gasteiger partial charge in [0.15, 0.2) is 0 Å². The number of fused-ring (bicyclic) bond motifs is 1. The molecule has 0 radical (unpaired) electrons. The van der Waals surface area contributed by atoms with Crippen molar-refractivity contribution >= 4 is 12.1 Å². The van der Waals surface area contributed by atoms with Crippen LogP contribution in [0.3, 0.4) is 0 Å². The number of carbonyl (C=O) groups is 2. The molecule has 0 aliphatic carbocycles. The van der Waals surface area contributed by atoms with Crippen molar-refractivity contribution in [3.8, 4) is 0 Å². The highest BCUT2D eigenvalue weighted by Crippen LogP contribution is 2.28. The Labute approximate surface area is 107 Å². The predicted octanol–water partition coefficient (Wildman–Crippen LogP) is 0.368. The fraction of sp³-hybridized carbons (Fsp3) is 0.833. The molecule has 1 amide bonds. The normalized spacial score (nSPS) is 30.1. The van der Waals surface area contributed by atoms with Crippen LogP contribution >= 0.6 is 0 Å². The van der Waals surface area contributed by atoms with Crippen molar-refractivity contribution in [2.24, 2.45) is 5.92 Å². The quantitative estimate of drug-likeness (QED) is 0.739. The summed E-state index contributed by atoms with van der Waals surface area (Å²) in [6.45, 7) is 5.66. The van der Waals surface area contributed by atoms with Gasteiger partial charge >= 0.3 is 12.1 Å². The third-order valence-electron chi connectivity index (χ3n) is 3.49. The van der Waals surface area contributed by atoms with Crippen molar-refractivity contribution in [1.82, 2.24) is 10.2 Å². The molecular weight excluding hydrogens is 236 g/mol. The standard InChI is InChI=1S/C12H20N2O4/c1-3-17-11(15)9-5-8-6-14(7-10(8)13-9)12(16)18-4-2/h8-10,13H,3-7H2,1-2H3. The van der Waals surface area contributed by atoms with Gasteiger partial charge in [-0.15, -0.1) is 0 Å². The number of hydrogen-bond acceptors (Lipinski definition) is 5. The molecule has 0 bridgehead atoms. The molecule has 6 nitrogen and oxygen atoms in total. The lowest BCUT2D eigenvalue weighted by Gasteiger charge is -2.18. The number of ether oxygens (including phenoxy) is 2. The van der Waals surface area contributed by atoms with Crippen LogP contribution in [-0.4, -0.2) is 55.3 Å². The van der Waals surface area contributed by atoms with Crippen LogP contribution < -0.4 is 5.32 Å². The van der Waals surface area contributed by atoms with E-state index in [0.29, 0.717) is 32.2 Å². The summed E-state index contributed by atoms with van der Waals surface area (Å²) in [6.07, 6.45) is 0.473. The average molecular weight is 256 g/mol. The zero-order valence-corrected chi connectivity index (χ0v) is 10.8. The van der Waals surface area contributed by atoms with Crippen LogP contribution in [0.5, 0.6) is 0 Å². The highest BCUT2D eigenvalue weighted by molar-refractivity contribution is 5.76. The summed E-state index contributed by atoms with van der Waals surface area (Å²) < 4.78 is 9.97. The van der Waals surface area contributed by atoms with E-state index in [-0.39, 0.29) is 24.1 Å². The van der Waals surface area contributed by atoms with Crippen LogP contribution in [0.2, 0.25) is 0 Å². The Morgan fingerprint density at radius 1 is 1.22 bits per heavy atom. The maximum Gasteiger partial charge on any atom is 0.409 e. The first kappa shape index (κ1) is 13.1. The molecule has 0 aromatic rings. The van der Waals surface area contributed by atoms with Gasteiger partial charge in [-0.05, 0) is 26.2 Å². The second kappa shape index (κ2) is 5.56. The van der Waals surface area contributed by atoms with Crippen molar-refractivity contribution in [2.45, 2.75) is 32.4 Å². The zero-order chi connectivity index (χ0) is 13.1. The maximum atomic E-state index is 11.6. The smallest absolute Gasteiger partial charge is 0.409 e. The average Bonchev–Trinajstić information content (AvgIpc) is 2.86. The topological polar surface area (TPSA) is 67.9 Å². The third kappa shape index (κ3) is 2.58. The first-order valence-electron chi connectivity index (χ1n) is 6.50. The Morgan fingerprint density at radius 3 is 2.56 bits per heavy atom. The van der Waals surface area contributed by atoms with Crippen molar-refractivity contribution < 1.29 is 19.1 Å². The lowest BCUT2D eigenvalue weighted by Crippen LogP contribution is -2.41. The van der Waals surface area contributed by atoms with E-state index in [1.165, 1.54) is 0 Å². The van der Waals surface area contributed by atoms with Crippen LogP contribution in [0, 0.1) is 5.92 Å². The highest BCUT2D eigenvalue weighted by Gasteiger charge is 2.45. The Balaban J connectivity index is 1.84. The van der Waals surface area contributed by atoms with Gasteiger partial charge in [-0.1, -0.05) is 0 Å². The fourth-order valence-corrected chi connectivity index (χ4v) is 2.70. The van der Waals surface area contributed by atoms with Crippen LogP contribution in [0.15, 0.2) is 0 Å². The first-order chi connectivity index (χ1) is 8.65. The summed E-state index contributed by atoms with van der Waals surface area (Å²) in [7, 11) is 0. The van der Waals surface area contributed by atoms with Crippen LogP contribution in [-0.2, 0) is 14.3 Å². The van der Waals surface area contributed by atoms with Crippen molar-refractivity contribution in [2.75, 3.05) is 26.3 Å². The van der Waals surface area contributed by atoms with Gasteiger partial charge in [0.25, 0.3) is 0 Å². The second-order valence-electron chi connectivity index (χ2n) is 4.68. The maximum absolute atomic E-state index is 11.6. The van der Waals surface area contributed by atoms with Crippen molar-refractivity contribution in [3.05, 3.63) is 0 Å². The van der Waals surface area contributed by atoms with E-state index in [4.69, 9.17) is 9.47 Å². The number of rotatable bonds is 3. The molecule has 3 atom stereocenters. The van der Waals surface area contributed by atoms with Gasteiger partial charge in [0, 0.05) is 19.1 Å². The Morgan fingerprint density at radius 2 is 1.94 bits per heavy atom. The lowest BCUT2D eigenvalue weighted by atomic mass is 10.0. The third-order valence-corrected chi connectivity index (χ3v) is 3.49. The van der Waals surface area contributed by atoms with Gasteiger partial charge < -0.3 is 14.4 Å². The zero-order valence-electron chi connectivity index (χ0n) is 10.8. The van der Waals surface area contributed by atoms with E-state index >= 15 is 0 Å². The van der Waals surface area contributed by atoms with Gasteiger partial charge in [0.1, 0.15) is 6.04 Å². The molecule has 102 valence electrons. The van der Waals surface area contributed by atoms with Gasteiger partial charge in [0.05, 0.1) is 13.2 Å². The Bertz CT molecular complexity index is 290. The summed E-state index contributed by atoms with van der Waals surface area (Å²) in [5.41, 5.74) is 0. The van der Waals surface area contributed by atoms with Crippen molar-refractivity contribution in [3.63, 3.8) is 0 Å². The summed E-state index contributed by atoms with van der Waals surface area (Å²) in [5, 5.41) is 3.24. The van der Waals surface area contributed by atoms with E-state index < -0.39 is 0 Å². The molecule has 2 aliphatic rings. The van der Waals surface area contributed by atoms with Crippen LogP contribution in [0.25, 0.3) is 0 Å². The van der Waals surface area contributed by atoms with E-state index in [1.807, 2.05) is 0 Å². The molecular formula is C12H20N2O4. The number of amides is 1. The number of hydrogen-bond donors (Lipinski definition) is 1. The molecule has 6 heteroatoms. The molecule has 0 spiro atoms. The van der Waals surface area contributed by atoms with Crippen LogP contribution in [0.4, 0.5) is 4.79 Å². The summed E-state index contributed by atoms with van der Waals surface area (Å²) in [5.74, 6) is 0.137. The number of carbonyl (C=O) groups excluding carboxylic acids is 2. The van der Waals surface area contributed by atoms with Gasteiger partial charge in [-0.3, -0.25) is 10.1 Å². The van der Waals surface area contributed by atoms with E-state index in [0.717, 1.165) is 6.42 Å². The molecule has 2 heterocycles. The lowest BCUT2D eigenvalue weighted by molar-refractivity contribution is -0.145. The summed E-state index contributed by atoms with van der Waals surface area (Å²) >= 11 is 0. The van der Waals surface area contributed by atoms with Gasteiger partial charge in [-0.25, -0.2) is 4.79 Å². The van der Waals surface area contributed by atoms with Gasteiger partial charge in [0.2, 0.25) is 0 Å². The Kier molecular flexibility index (Phi) is 4.06. The molecule has 2 rings (SSSR count). The molecule has 18 heavy (non-hydrogen) atoms. The number of esters is 1. The predicted molar refractivity (Wildman–Crippen MR) is 64.0 cm³/mol. The molecule has 2 saturated heterocycles. The number of likely N-dealkylation sites (tertiary alicyclic amines) is 1. The summed E-state index contributed by atoms with van der Waals surface area (Å²) in [6, 6.07) is -0.0342. The number of nitrogens with zero attached hydrogens (tertiary/aromatic N) is 1. The molecule has 1 N–H and O–H groups in total. The first-order valence-corrected chi connectivity index (χ1v) is 6.50. The van der Waals surface area contributed by atoms with Crippen LogP contribution in [0.1, 0.15) is 20.3 Å². The molecule has 0 saturated carbocycles. The summed E-state index contributed by atoms with van der Waals surface area (Å²) in [4.78, 5) is 24.9. The highest BCUT2D eigenvalue weighted by atomic mass is 16.6. The van der Waals surface area contributed by atoms with Gasteiger partial charge in [-0.2, -0.15) is 0 Å². The molecule has 0 aromatic carbocycles. The largest absolute Gasteiger partial charge is 0.465 e. The number of nitrogens with one attached hydrogen (secondary N) is 1. The second-order valence-corrected chi connectivity index (χ2v) is 4.68. The molecule has 2 fully saturated rings. The van der Waals surface area contributed by atoms with E-state index in [1.54, 1.807) is 18.7 Å². The SMILES string of the molecule is CCOC(=O)C1CC2CN(C(=O)OCC)CC2N1.